The maximum atomic E-state index is 13.4. The summed E-state index contributed by atoms with van der Waals surface area (Å²) in [7, 11) is 1.76. The van der Waals surface area contributed by atoms with Crippen LogP contribution in [0.25, 0.3) is 0 Å². The molecule has 0 spiro atoms. The Balaban J connectivity index is 1.02. The van der Waals surface area contributed by atoms with Crippen molar-refractivity contribution in [1.29, 1.82) is 0 Å². The summed E-state index contributed by atoms with van der Waals surface area (Å²) >= 11 is 0. The largest absolute Gasteiger partial charge is 0.507 e. The zero-order chi connectivity index (χ0) is 92.1. The minimum absolute atomic E-state index is 0.0860. The van der Waals surface area contributed by atoms with Crippen molar-refractivity contribution in [2.45, 2.75) is 299 Å². The van der Waals surface area contributed by atoms with Crippen molar-refractivity contribution in [2.24, 2.45) is 0 Å². The Labute approximate surface area is 758 Å². The summed E-state index contributed by atoms with van der Waals surface area (Å²) in [6.45, 7) is 63.6. The number of hydrogen-bond donors (Lipinski definition) is 7. The molecular formula is C115H144N4O8. The molecule has 3 aliphatic rings. The van der Waals surface area contributed by atoms with Gasteiger partial charge in [-0.2, -0.15) is 0 Å². The third kappa shape index (κ3) is 19.2. The summed E-state index contributed by atoms with van der Waals surface area (Å²) in [4.78, 5) is 16.5. The molecule has 4 aromatic heterocycles. The summed E-state index contributed by atoms with van der Waals surface area (Å²) in [5.74, 6) is 4.10. The standard InChI is InChI=1S/C115H144N4O8/c1-30-70-46-78(49-71-54-83(107(6,7)8)32-38-95(71)123-29)105-79(47-70)51-75-58-88(112(21,22)23)59-76(103(75)122)52-80-61-86(110(15,16)17)45-68(4)104(80)126-65-114(27)97-40-36-92(117-97)69(5)91-34-35-93(116-91)90(64-125-105)94-37-41-98(118-94)115(28,100-43-42-99(114)119-100)66-127-106-81(50-73-56-85(109(12,13)14)44-67(3)101(73)120)62-89(113(24,25)26)63-82(106)53-77-60-87(111(18,19)20)57-74(102(77)121)48-72-55-84(108(9,10)11)33-39-96(72)124-31-2/h32-47,54-63,69,90,116-122H,30-31,48-53,64-66H2,1-29H3/t69?,90?,114-,115?/m0/s1. The topological polar surface area (TPSA) is 170 Å². The lowest BCUT2D eigenvalue weighted by Gasteiger charge is -2.32. The van der Waals surface area contributed by atoms with Crippen molar-refractivity contribution in [1.82, 2.24) is 19.9 Å². The van der Waals surface area contributed by atoms with Crippen LogP contribution >= 0.6 is 0 Å². The first-order valence-corrected chi connectivity index (χ1v) is 46.4. The molecule has 0 aliphatic carbocycles. The number of methoxy groups -OCH3 is 1. The number of phenols is 3. The van der Waals surface area contributed by atoms with Crippen molar-refractivity contribution in [3.63, 3.8) is 0 Å². The Kier molecular flexibility index (Phi) is 25.0. The molecule has 12 bridgehead atoms. The SMILES string of the molecule is CCOc1ccc(C(C)(C)C)cc1Cc1cc(C(C)(C)C)cc(Cc2cc(C(C)(C)C)cc(Cc3cc(C(C)(C)C)cc(C)c3O)c2OCC2(C)c3ccc([nH]3)C3COc4c(Cc5cc(C(C)(C)C)ccc5OC)cc(CC)cc4Cc4cc(C(C)(C)C)cc(c4O)Cc4cc(C(C)(C)C)cc(C)c4OC[C@@](C)(c4ccc([nH]4)C(C)c4ccc3[nH]4)c3ccc2[nH]3)c1O. The van der Waals surface area contributed by atoms with Gasteiger partial charge < -0.3 is 58.9 Å². The van der Waals surface area contributed by atoms with Gasteiger partial charge in [-0.15, -0.1) is 0 Å². The first-order valence-electron chi connectivity index (χ1n) is 46.4. The molecule has 15 rings (SSSR count). The molecule has 3 unspecified atom stereocenters. The fourth-order valence-electron chi connectivity index (χ4n) is 18.7. The van der Waals surface area contributed by atoms with E-state index in [-0.39, 0.29) is 80.9 Å². The number of rotatable bonds is 15. The van der Waals surface area contributed by atoms with Gasteiger partial charge in [0, 0.05) is 90.0 Å². The Morgan fingerprint density at radius 3 is 1.35 bits per heavy atom. The number of nitrogens with one attached hydrogen (secondary N) is 4. The molecule has 4 atom stereocenters. The summed E-state index contributed by atoms with van der Waals surface area (Å²) in [6, 6.07) is 58.1. The number of aryl methyl sites for hydroxylation is 3. The minimum atomic E-state index is -0.998. The molecular weight excluding hydrogens is 1570 g/mol. The van der Waals surface area contributed by atoms with E-state index in [1.54, 1.807) is 7.11 Å². The molecule has 127 heavy (non-hydrogen) atoms. The molecule has 0 saturated carbocycles. The maximum absolute atomic E-state index is 13.4. The highest BCUT2D eigenvalue weighted by Crippen LogP contribution is 2.49. The fourth-order valence-corrected chi connectivity index (χ4v) is 18.7. The molecule has 7 heterocycles. The summed E-state index contributed by atoms with van der Waals surface area (Å²) in [5, 5.41) is 39.3. The van der Waals surface area contributed by atoms with E-state index >= 15 is 0 Å². The van der Waals surface area contributed by atoms with E-state index in [1.165, 1.54) is 16.7 Å². The number of ether oxygens (including phenoxy) is 5. The van der Waals surface area contributed by atoms with E-state index in [2.05, 4.69) is 358 Å². The van der Waals surface area contributed by atoms with E-state index in [1.807, 2.05) is 13.8 Å². The van der Waals surface area contributed by atoms with Gasteiger partial charge >= 0.3 is 0 Å². The molecule has 12 heteroatoms. The third-order valence-corrected chi connectivity index (χ3v) is 27.5. The molecule has 12 aromatic rings. The van der Waals surface area contributed by atoms with E-state index in [9.17, 15) is 15.3 Å². The van der Waals surface area contributed by atoms with Crippen LogP contribution in [0.3, 0.4) is 0 Å². The molecule has 12 nitrogen and oxygen atoms in total. The van der Waals surface area contributed by atoms with Gasteiger partial charge in [0.2, 0.25) is 0 Å². The second-order valence-corrected chi connectivity index (χ2v) is 44.8. The fraction of sp³-hybridized carbons (Fsp3) is 0.443. The normalized spacial score (nSPS) is 17.2. The van der Waals surface area contributed by atoms with E-state index in [4.69, 9.17) is 23.7 Å². The highest BCUT2D eigenvalue weighted by Gasteiger charge is 2.42. The summed E-state index contributed by atoms with van der Waals surface area (Å²) in [6.07, 6.45) is 3.19. The van der Waals surface area contributed by atoms with Gasteiger partial charge in [0.1, 0.15) is 65.8 Å². The van der Waals surface area contributed by atoms with Crippen molar-refractivity contribution >= 4 is 0 Å². The van der Waals surface area contributed by atoms with Gasteiger partial charge in [-0.1, -0.05) is 256 Å². The van der Waals surface area contributed by atoms with E-state index in [0.29, 0.717) is 50.9 Å². The molecule has 7 N–H and O–H groups in total. The van der Waals surface area contributed by atoms with Gasteiger partial charge in [-0.05, 0) is 262 Å². The highest BCUT2D eigenvalue weighted by atomic mass is 16.5. The second-order valence-electron chi connectivity index (χ2n) is 44.8. The van der Waals surface area contributed by atoms with Gasteiger partial charge in [-0.25, -0.2) is 0 Å². The van der Waals surface area contributed by atoms with Gasteiger partial charge in [0.25, 0.3) is 0 Å². The molecule has 0 amide bonds. The van der Waals surface area contributed by atoms with Crippen LogP contribution in [0.5, 0.6) is 46.0 Å². The third-order valence-electron chi connectivity index (χ3n) is 27.5. The number of aromatic amines is 4. The molecule has 3 aliphatic heterocycles. The molecule has 672 valence electrons. The monoisotopic (exact) mass is 1710 g/mol. The second kappa shape index (κ2) is 34.4. The van der Waals surface area contributed by atoms with Crippen LogP contribution < -0.4 is 23.7 Å². The number of H-pyrrole nitrogens is 4. The lowest BCUT2D eigenvalue weighted by molar-refractivity contribution is 0.238. The first-order chi connectivity index (χ1) is 59.3. The maximum Gasteiger partial charge on any atom is 0.126 e. The summed E-state index contributed by atoms with van der Waals surface area (Å²) < 4.78 is 36.4. The Bertz CT molecular complexity index is 6080. The van der Waals surface area contributed by atoms with E-state index in [0.717, 1.165) is 181 Å². The smallest absolute Gasteiger partial charge is 0.126 e. The number of aromatic hydroxyl groups is 3. The number of phenolic OH excluding ortho intramolecular Hbond substituents is 3. The van der Waals surface area contributed by atoms with Crippen molar-refractivity contribution < 1.29 is 39.0 Å². The van der Waals surface area contributed by atoms with Gasteiger partial charge in [0.15, 0.2) is 0 Å². The van der Waals surface area contributed by atoms with Crippen molar-refractivity contribution in [3.8, 4) is 46.0 Å². The van der Waals surface area contributed by atoms with Gasteiger partial charge in [0.05, 0.1) is 30.5 Å². The lowest BCUT2D eigenvalue weighted by Crippen LogP contribution is -2.35. The van der Waals surface area contributed by atoms with Crippen LogP contribution in [-0.2, 0) is 93.7 Å². The number of fused-ring (bicyclic) bond motifs is 2. The van der Waals surface area contributed by atoms with E-state index < -0.39 is 16.7 Å². The molecule has 0 radical (unpaired) electrons. The average molecular weight is 1710 g/mol. The van der Waals surface area contributed by atoms with Crippen LogP contribution in [0.1, 0.15) is 360 Å². The Hall–Kier alpha value is -10.7. The molecule has 8 aromatic carbocycles. The predicted octanol–water partition coefficient (Wildman–Crippen LogP) is 27.1. The molecule has 0 saturated heterocycles. The number of benzene rings is 8. The van der Waals surface area contributed by atoms with Crippen LogP contribution in [0.15, 0.2) is 158 Å². The quantitative estimate of drug-likeness (QED) is 0.0532. The predicted molar refractivity (Wildman–Crippen MR) is 523 cm³/mol. The van der Waals surface area contributed by atoms with Crippen molar-refractivity contribution in [2.75, 3.05) is 33.5 Å². The zero-order valence-corrected chi connectivity index (χ0v) is 81.8. The van der Waals surface area contributed by atoms with Crippen molar-refractivity contribution in [3.05, 3.63) is 326 Å². The molecule has 0 fully saturated rings. The Morgan fingerprint density at radius 2 is 0.787 bits per heavy atom. The first kappa shape index (κ1) is 92.5. The number of hydrogen-bond acceptors (Lipinski definition) is 8. The average Bonchev–Trinajstić information content (AvgIpc) is 1.61. The van der Waals surface area contributed by atoms with Crippen LogP contribution in [0.4, 0.5) is 0 Å². The number of aromatic nitrogens is 4. The lowest BCUT2D eigenvalue weighted by atomic mass is 9.80. The van der Waals surface area contributed by atoms with Crippen LogP contribution in [-0.4, -0.2) is 68.8 Å². The zero-order valence-electron chi connectivity index (χ0n) is 81.8. The Morgan fingerprint density at radius 1 is 0.378 bits per heavy atom. The summed E-state index contributed by atoms with van der Waals surface area (Å²) in [5.41, 5.74) is 26.2. The van der Waals surface area contributed by atoms with Crippen LogP contribution in [0, 0.1) is 13.8 Å². The minimum Gasteiger partial charge on any atom is -0.507 e. The van der Waals surface area contributed by atoms with Crippen LogP contribution in [0.2, 0.25) is 0 Å². The van der Waals surface area contributed by atoms with Gasteiger partial charge in [-0.3, -0.25) is 0 Å². The highest BCUT2D eigenvalue weighted by molar-refractivity contribution is 5.61.